The minimum absolute atomic E-state index is 0.662. The lowest BCUT2D eigenvalue weighted by Crippen LogP contribution is -2.09. The first-order valence-corrected chi connectivity index (χ1v) is 17.4. The van der Waals surface area contributed by atoms with Crippen LogP contribution >= 0.6 is 11.3 Å². The van der Waals surface area contributed by atoms with Gasteiger partial charge in [-0.25, -0.2) is 15.0 Å². The van der Waals surface area contributed by atoms with Gasteiger partial charge in [-0.2, -0.15) is 0 Å². The maximum atomic E-state index is 5.05. The van der Waals surface area contributed by atoms with Crippen molar-refractivity contribution in [1.82, 2.24) is 15.0 Å². The molecule has 0 amide bonds. The predicted molar refractivity (Wildman–Crippen MR) is 209 cm³/mol. The van der Waals surface area contributed by atoms with Crippen LogP contribution in [-0.2, 0) is 0 Å². The highest BCUT2D eigenvalue weighted by Gasteiger charge is 2.18. The fourth-order valence-electron chi connectivity index (χ4n) is 6.53. The van der Waals surface area contributed by atoms with Gasteiger partial charge in [0.2, 0.25) is 0 Å². The van der Waals surface area contributed by atoms with Gasteiger partial charge in [0.15, 0.2) is 17.5 Å². The molecule has 0 atom stereocenters. The first-order chi connectivity index (χ1) is 24.8. The molecule has 0 radical (unpaired) electrons. The van der Waals surface area contributed by atoms with E-state index in [1.807, 2.05) is 60.7 Å². The first kappa shape index (κ1) is 29.7. The van der Waals surface area contributed by atoms with E-state index in [9.17, 15) is 0 Å². The van der Waals surface area contributed by atoms with E-state index >= 15 is 0 Å². The quantitative estimate of drug-likeness (QED) is 0.171. The monoisotopic (exact) mass is 658 g/mol. The van der Waals surface area contributed by atoms with Crippen LogP contribution in [0, 0.1) is 0 Å². The van der Waals surface area contributed by atoms with Gasteiger partial charge in [-0.05, 0) is 59.7 Å². The smallest absolute Gasteiger partial charge is 0.164 e. The summed E-state index contributed by atoms with van der Waals surface area (Å²) < 4.78 is 2.43. The van der Waals surface area contributed by atoms with Crippen LogP contribution < -0.4 is 4.90 Å². The summed E-state index contributed by atoms with van der Waals surface area (Å²) in [7, 11) is 0. The summed E-state index contributed by atoms with van der Waals surface area (Å²) in [5.74, 6) is 1.99. The molecular weight excluding hydrogens is 629 g/mol. The largest absolute Gasteiger partial charge is 0.311 e. The number of aromatic nitrogens is 3. The lowest BCUT2D eigenvalue weighted by Gasteiger charge is -2.25. The Kier molecular flexibility index (Phi) is 7.65. The number of rotatable bonds is 7. The van der Waals surface area contributed by atoms with Gasteiger partial charge in [0, 0.05) is 53.9 Å². The normalized spacial score (nSPS) is 11.2. The number of anilines is 3. The summed E-state index contributed by atoms with van der Waals surface area (Å²) in [6, 6.07) is 63.3. The molecule has 0 unspecified atom stereocenters. The van der Waals surface area contributed by atoms with Crippen LogP contribution in [0.2, 0.25) is 0 Å². The molecule has 0 aliphatic heterocycles. The number of fused-ring (bicyclic) bond motifs is 3. The second kappa shape index (κ2) is 12.9. The minimum atomic E-state index is 0.662. The molecule has 2 heterocycles. The Bertz CT molecular complexity index is 2470. The maximum Gasteiger partial charge on any atom is 0.164 e. The zero-order valence-corrected chi connectivity index (χ0v) is 27.8. The van der Waals surface area contributed by atoms with Crippen molar-refractivity contribution in [2.75, 3.05) is 4.90 Å². The van der Waals surface area contributed by atoms with Crippen LogP contribution in [0.25, 0.3) is 65.5 Å². The summed E-state index contributed by atoms with van der Waals surface area (Å²) in [4.78, 5) is 17.3. The molecule has 0 fully saturated rings. The molecule has 4 nitrogen and oxygen atoms in total. The third-order valence-corrected chi connectivity index (χ3v) is 10.0. The van der Waals surface area contributed by atoms with E-state index in [2.05, 4.69) is 126 Å². The molecule has 0 saturated heterocycles. The van der Waals surface area contributed by atoms with Crippen molar-refractivity contribution < 1.29 is 0 Å². The average Bonchev–Trinajstić information content (AvgIpc) is 3.58. The van der Waals surface area contributed by atoms with E-state index in [-0.39, 0.29) is 0 Å². The molecule has 7 aromatic carbocycles. The maximum absolute atomic E-state index is 5.05. The van der Waals surface area contributed by atoms with Gasteiger partial charge < -0.3 is 4.90 Å². The zero-order chi connectivity index (χ0) is 33.3. The molecule has 2 aromatic heterocycles. The summed E-state index contributed by atoms with van der Waals surface area (Å²) in [5.41, 5.74) is 8.64. The second-order valence-electron chi connectivity index (χ2n) is 12.1. The van der Waals surface area contributed by atoms with E-state index < -0.39 is 0 Å². The number of nitrogens with zero attached hydrogens (tertiary/aromatic N) is 4. The lowest BCUT2D eigenvalue weighted by molar-refractivity contribution is 1.08. The van der Waals surface area contributed by atoms with Crippen molar-refractivity contribution in [2.45, 2.75) is 0 Å². The lowest BCUT2D eigenvalue weighted by atomic mass is 10.0. The molecule has 9 aromatic rings. The minimum Gasteiger partial charge on any atom is -0.311 e. The Morgan fingerprint density at radius 3 is 1.44 bits per heavy atom. The fraction of sp³-hybridized carbons (Fsp3) is 0. The van der Waals surface area contributed by atoms with E-state index in [1.165, 1.54) is 31.3 Å². The van der Waals surface area contributed by atoms with Crippen molar-refractivity contribution in [3.63, 3.8) is 0 Å². The highest BCUT2D eigenvalue weighted by molar-refractivity contribution is 7.26. The Balaban J connectivity index is 1.12. The number of benzene rings is 7. The molecule has 0 spiro atoms. The van der Waals surface area contributed by atoms with Crippen LogP contribution in [0.1, 0.15) is 0 Å². The number of para-hydroxylation sites is 2. The van der Waals surface area contributed by atoms with Crippen LogP contribution in [0.5, 0.6) is 0 Å². The molecular formula is C45H30N4S. The van der Waals surface area contributed by atoms with E-state index in [1.54, 1.807) is 11.3 Å². The van der Waals surface area contributed by atoms with Crippen molar-refractivity contribution >= 4 is 48.6 Å². The first-order valence-electron chi connectivity index (χ1n) is 16.6. The van der Waals surface area contributed by atoms with Gasteiger partial charge in [-0.15, -0.1) is 11.3 Å². The SMILES string of the molecule is c1ccc(-c2nc(-c3ccccc3)nc(-c3cccc4sc5cc(-c6ccc(N(c7ccccc7)c7ccccc7)cc6)ccc5c34)n2)cc1. The predicted octanol–water partition coefficient (Wildman–Crippen LogP) is 12.4. The Morgan fingerprint density at radius 1 is 0.360 bits per heavy atom. The van der Waals surface area contributed by atoms with Crippen molar-refractivity contribution in [3.8, 4) is 45.3 Å². The zero-order valence-electron chi connectivity index (χ0n) is 27.0. The number of thiophene rings is 1. The summed E-state index contributed by atoms with van der Waals surface area (Å²) in [5, 5.41) is 2.36. The topological polar surface area (TPSA) is 41.9 Å². The van der Waals surface area contributed by atoms with Gasteiger partial charge in [-0.1, -0.05) is 133 Å². The summed E-state index contributed by atoms with van der Waals surface area (Å²) >= 11 is 1.80. The third-order valence-electron chi connectivity index (χ3n) is 8.93. The highest BCUT2D eigenvalue weighted by Crippen LogP contribution is 2.42. The highest BCUT2D eigenvalue weighted by atomic mass is 32.1. The molecule has 0 aliphatic rings. The molecule has 0 aliphatic carbocycles. The Labute approximate surface area is 294 Å². The molecule has 50 heavy (non-hydrogen) atoms. The van der Waals surface area contributed by atoms with E-state index in [0.717, 1.165) is 33.8 Å². The van der Waals surface area contributed by atoms with Crippen LogP contribution in [-0.4, -0.2) is 15.0 Å². The summed E-state index contributed by atoms with van der Waals surface area (Å²) in [6.07, 6.45) is 0. The molecule has 236 valence electrons. The standard InChI is InChI=1S/C45H30N4S/c1-5-14-32(15-6-1)43-46-44(33-16-7-2-8-17-33)48-45(47-43)39-22-13-23-40-42(39)38-29-26-34(30-41(38)50-40)31-24-27-37(28-25-31)49(35-18-9-3-10-19-35)36-20-11-4-12-21-36/h1-30H. The van der Waals surface area contributed by atoms with Crippen LogP contribution in [0.3, 0.4) is 0 Å². The Hall–Kier alpha value is -6.43. The molecule has 0 saturated carbocycles. The van der Waals surface area contributed by atoms with E-state index in [4.69, 9.17) is 15.0 Å². The molecule has 5 heteroatoms. The number of hydrogen-bond donors (Lipinski definition) is 0. The fourth-order valence-corrected chi connectivity index (χ4v) is 7.70. The van der Waals surface area contributed by atoms with Crippen LogP contribution in [0.4, 0.5) is 17.1 Å². The van der Waals surface area contributed by atoms with Gasteiger partial charge >= 0.3 is 0 Å². The molecule has 0 N–H and O–H groups in total. The van der Waals surface area contributed by atoms with Gasteiger partial charge in [0.1, 0.15) is 0 Å². The van der Waals surface area contributed by atoms with Gasteiger partial charge in [-0.3, -0.25) is 0 Å². The third kappa shape index (κ3) is 5.60. The van der Waals surface area contributed by atoms with Crippen molar-refractivity contribution in [2.24, 2.45) is 0 Å². The van der Waals surface area contributed by atoms with Gasteiger partial charge in [0.25, 0.3) is 0 Å². The van der Waals surface area contributed by atoms with Crippen LogP contribution in [0.15, 0.2) is 182 Å². The van der Waals surface area contributed by atoms with Gasteiger partial charge in [0.05, 0.1) is 0 Å². The molecule has 9 rings (SSSR count). The molecule has 0 bridgehead atoms. The summed E-state index contributed by atoms with van der Waals surface area (Å²) in [6.45, 7) is 0. The van der Waals surface area contributed by atoms with Crippen molar-refractivity contribution in [3.05, 3.63) is 182 Å². The average molecular weight is 659 g/mol. The van der Waals surface area contributed by atoms with Crippen molar-refractivity contribution in [1.29, 1.82) is 0 Å². The Morgan fingerprint density at radius 2 is 0.860 bits per heavy atom. The second-order valence-corrected chi connectivity index (χ2v) is 13.2. The number of hydrogen-bond acceptors (Lipinski definition) is 5. The van der Waals surface area contributed by atoms with E-state index in [0.29, 0.717) is 17.5 Å².